The van der Waals surface area contributed by atoms with Crippen molar-refractivity contribution >= 4 is 23.6 Å². The highest BCUT2D eigenvalue weighted by molar-refractivity contribution is 7.26. The van der Waals surface area contributed by atoms with E-state index in [1.165, 1.54) is 5.19 Å². The summed E-state index contributed by atoms with van der Waals surface area (Å²) in [5, 5.41) is 1.30. The first kappa shape index (κ1) is 10.7. The van der Waals surface area contributed by atoms with Gasteiger partial charge in [-0.15, -0.1) is 0 Å². The second-order valence-corrected chi connectivity index (χ2v) is 9.20. The topological polar surface area (TPSA) is 0 Å². The predicted octanol–water partition coefficient (Wildman–Crippen LogP) is 2.49. The van der Waals surface area contributed by atoms with Gasteiger partial charge in [0.1, 0.15) is 0 Å². The summed E-state index contributed by atoms with van der Waals surface area (Å²) in [5.41, 5.74) is 0. The van der Waals surface area contributed by atoms with E-state index in [1.807, 2.05) is 18.2 Å². The first-order chi connectivity index (χ1) is 4.61. The molecule has 0 nitrogen and oxygen atoms in total. The second-order valence-electron chi connectivity index (χ2n) is 2.84. The molecule has 0 saturated carbocycles. The molecular formula is C8H12ClFSi. The molecule has 0 saturated heterocycles. The normalized spacial score (nSPS) is 10.5. The van der Waals surface area contributed by atoms with E-state index in [0.717, 1.165) is 0 Å². The molecule has 0 bridgehead atoms. The molecule has 0 spiro atoms. The fourth-order valence-electron chi connectivity index (χ4n) is 0.834. The van der Waals surface area contributed by atoms with E-state index in [1.54, 1.807) is 0 Å². The summed E-state index contributed by atoms with van der Waals surface area (Å²) in [6, 6.07) is 10.3. The van der Waals surface area contributed by atoms with Gasteiger partial charge in [-0.05, 0) is 5.19 Å². The fourth-order valence-corrected chi connectivity index (χ4v) is 2.20. The van der Waals surface area contributed by atoms with Crippen LogP contribution >= 0.6 is 11.1 Å². The van der Waals surface area contributed by atoms with Crippen LogP contribution in [0.3, 0.4) is 0 Å². The molecule has 0 aromatic heterocycles. The molecular weight excluding hydrogens is 179 g/mol. The minimum atomic E-state index is -1.56. The lowest BCUT2D eigenvalue weighted by molar-refractivity contribution is 1.11. The van der Waals surface area contributed by atoms with E-state index in [4.69, 9.17) is 11.1 Å². The summed E-state index contributed by atoms with van der Waals surface area (Å²) in [5.74, 6) is 0. The van der Waals surface area contributed by atoms with Gasteiger partial charge < -0.3 is 0 Å². The van der Waals surface area contributed by atoms with Gasteiger partial charge in [-0.2, -0.15) is 11.1 Å². The van der Waals surface area contributed by atoms with Crippen molar-refractivity contribution in [3.63, 3.8) is 0 Å². The highest BCUT2D eigenvalue weighted by Crippen LogP contribution is 2.06. The van der Waals surface area contributed by atoms with Crippen molar-refractivity contribution < 1.29 is 4.70 Å². The zero-order valence-electron chi connectivity index (χ0n) is 6.67. The van der Waals surface area contributed by atoms with Gasteiger partial charge in [-0.1, -0.05) is 43.4 Å². The Kier molecular flexibility index (Phi) is 3.76. The molecule has 0 aliphatic rings. The summed E-state index contributed by atoms with van der Waals surface area (Å²) in [6.45, 7) is 4.26. The maximum Gasteiger partial charge on any atom is 0.180 e. The fraction of sp³-hybridized carbons (Fsp3) is 0.250. The van der Waals surface area contributed by atoms with Crippen LogP contribution in [0.15, 0.2) is 30.3 Å². The summed E-state index contributed by atoms with van der Waals surface area (Å²) >= 11 is 6.20. The highest BCUT2D eigenvalue weighted by Gasteiger charge is 2.18. The van der Waals surface area contributed by atoms with Gasteiger partial charge in [-0.3, -0.25) is 4.70 Å². The number of benzene rings is 1. The Morgan fingerprint density at radius 1 is 1.09 bits per heavy atom. The largest absolute Gasteiger partial charge is 0.269 e. The van der Waals surface area contributed by atoms with Gasteiger partial charge in [-0.25, -0.2) is 0 Å². The average molecular weight is 191 g/mol. The molecule has 0 N–H and O–H groups in total. The molecule has 0 fully saturated rings. The van der Waals surface area contributed by atoms with E-state index in [-0.39, 0.29) is 4.70 Å². The summed E-state index contributed by atoms with van der Waals surface area (Å²) in [4.78, 5) is 0. The molecule has 3 heteroatoms. The van der Waals surface area contributed by atoms with Crippen molar-refractivity contribution in [1.82, 2.24) is 0 Å². The molecule has 1 rings (SSSR count). The third-order valence-electron chi connectivity index (χ3n) is 1.46. The molecule has 0 heterocycles. The van der Waals surface area contributed by atoms with Crippen molar-refractivity contribution in [2.24, 2.45) is 0 Å². The maximum atomic E-state index is 6.20. The van der Waals surface area contributed by atoms with Gasteiger partial charge in [0, 0.05) is 0 Å². The summed E-state index contributed by atoms with van der Waals surface area (Å²) in [6.07, 6.45) is 0. The molecule has 62 valence electrons. The first-order valence-corrected chi connectivity index (χ1v) is 7.36. The van der Waals surface area contributed by atoms with Crippen LogP contribution in [0.4, 0.5) is 4.70 Å². The average Bonchev–Trinajstić information content (AvgIpc) is 1.88. The Balaban J connectivity index is 0.000001000. The van der Waals surface area contributed by atoms with E-state index in [2.05, 4.69) is 25.2 Å². The first-order valence-electron chi connectivity index (χ1n) is 3.35. The third kappa shape index (κ3) is 3.04. The minimum absolute atomic E-state index is 0. The summed E-state index contributed by atoms with van der Waals surface area (Å²) in [7, 11) is -1.56. The molecule has 0 atom stereocenters. The Hall–Kier alpha value is -0.343. The number of hydrogen-bond donors (Lipinski definition) is 0. The van der Waals surface area contributed by atoms with Gasteiger partial charge in [0.15, 0.2) is 7.38 Å². The molecule has 11 heavy (non-hydrogen) atoms. The van der Waals surface area contributed by atoms with Crippen LogP contribution < -0.4 is 5.19 Å². The Labute approximate surface area is 72.3 Å². The van der Waals surface area contributed by atoms with Crippen molar-refractivity contribution in [3.05, 3.63) is 30.3 Å². The molecule has 1 aromatic rings. The van der Waals surface area contributed by atoms with Crippen molar-refractivity contribution in [2.45, 2.75) is 13.1 Å². The number of rotatable bonds is 1. The lowest BCUT2D eigenvalue weighted by Crippen LogP contribution is -2.34. The van der Waals surface area contributed by atoms with Crippen LogP contribution in [0, 0.1) is 0 Å². The predicted molar refractivity (Wildman–Crippen MR) is 51.9 cm³/mol. The molecule has 0 unspecified atom stereocenters. The van der Waals surface area contributed by atoms with Crippen LogP contribution in [0.2, 0.25) is 13.1 Å². The van der Waals surface area contributed by atoms with Crippen molar-refractivity contribution in [3.8, 4) is 0 Å². The molecule has 0 radical (unpaired) electrons. The zero-order chi connectivity index (χ0) is 7.61. The number of halogens is 2. The smallest absolute Gasteiger partial charge is 0.180 e. The number of hydrogen-bond acceptors (Lipinski definition) is 0. The van der Waals surface area contributed by atoms with E-state index < -0.39 is 7.38 Å². The maximum absolute atomic E-state index is 6.20. The van der Waals surface area contributed by atoms with Crippen LogP contribution in [-0.2, 0) is 0 Å². The van der Waals surface area contributed by atoms with E-state index in [0.29, 0.717) is 0 Å². The summed E-state index contributed by atoms with van der Waals surface area (Å²) < 4.78 is 0. The molecule has 0 amide bonds. The molecule has 1 aromatic carbocycles. The van der Waals surface area contributed by atoms with Crippen LogP contribution in [0.1, 0.15) is 0 Å². The van der Waals surface area contributed by atoms with E-state index in [9.17, 15) is 0 Å². The standard InChI is InChI=1S/C8H11ClSi.FH/c1-10(2,9)8-6-4-3-5-7-8;/h3-7H,1-2H3;1H. The highest BCUT2D eigenvalue weighted by atomic mass is 35.6. The second kappa shape index (κ2) is 3.88. The van der Waals surface area contributed by atoms with E-state index >= 15 is 0 Å². The Morgan fingerprint density at radius 3 is 1.82 bits per heavy atom. The third-order valence-corrected chi connectivity index (χ3v) is 3.82. The minimum Gasteiger partial charge on any atom is -0.269 e. The quantitative estimate of drug-likeness (QED) is 0.472. The van der Waals surface area contributed by atoms with Crippen molar-refractivity contribution in [1.29, 1.82) is 0 Å². The SMILES string of the molecule is C[Si](C)(Cl)c1ccccc1.F. The lowest BCUT2D eigenvalue weighted by Gasteiger charge is -2.11. The molecule has 0 aliphatic carbocycles. The molecule has 0 aliphatic heterocycles. The van der Waals surface area contributed by atoms with Gasteiger partial charge >= 0.3 is 0 Å². The van der Waals surface area contributed by atoms with Gasteiger partial charge in [0.2, 0.25) is 0 Å². The van der Waals surface area contributed by atoms with Gasteiger partial charge in [0.25, 0.3) is 0 Å². The van der Waals surface area contributed by atoms with Crippen LogP contribution in [-0.4, -0.2) is 7.38 Å². The lowest BCUT2D eigenvalue weighted by atomic mass is 10.4. The Morgan fingerprint density at radius 2 is 1.55 bits per heavy atom. The Bertz CT molecular complexity index is 205. The zero-order valence-corrected chi connectivity index (χ0v) is 8.43. The van der Waals surface area contributed by atoms with Crippen LogP contribution in [0.25, 0.3) is 0 Å². The monoisotopic (exact) mass is 190 g/mol. The van der Waals surface area contributed by atoms with Crippen LogP contribution in [0.5, 0.6) is 0 Å². The van der Waals surface area contributed by atoms with Gasteiger partial charge in [0.05, 0.1) is 0 Å². The van der Waals surface area contributed by atoms with Crippen molar-refractivity contribution in [2.75, 3.05) is 0 Å².